The Morgan fingerprint density at radius 1 is 0.969 bits per heavy atom. The molecule has 0 atom stereocenters. The van der Waals surface area contributed by atoms with Crippen LogP contribution in [0, 0.1) is 0 Å². The largest absolute Gasteiger partial charge is 0.481 e. The molecule has 0 aliphatic carbocycles. The summed E-state index contributed by atoms with van der Waals surface area (Å²) in [4.78, 5) is 21.6. The number of imidazole rings is 1. The van der Waals surface area contributed by atoms with Gasteiger partial charge in [0, 0.05) is 12.5 Å². The number of ether oxygens (including phenoxy) is 2. The number of methoxy groups -OCH3 is 2. The highest BCUT2D eigenvalue weighted by molar-refractivity contribution is 5.97. The molecule has 4 aromatic rings. The van der Waals surface area contributed by atoms with Crippen LogP contribution in [-0.4, -0.2) is 34.7 Å². The van der Waals surface area contributed by atoms with Gasteiger partial charge in [-0.05, 0) is 35.2 Å². The molecule has 2 heterocycles. The van der Waals surface area contributed by atoms with Gasteiger partial charge in [-0.3, -0.25) is 0 Å². The lowest BCUT2D eigenvalue weighted by molar-refractivity contribution is 0.0601. The van der Waals surface area contributed by atoms with Crippen LogP contribution in [0.2, 0.25) is 0 Å². The third-order valence-electron chi connectivity index (χ3n) is 5.55. The summed E-state index contributed by atoms with van der Waals surface area (Å²) in [5.74, 6) is 1.27. The van der Waals surface area contributed by atoms with Crippen molar-refractivity contribution in [3.05, 3.63) is 77.6 Å². The minimum atomic E-state index is -0.338. The van der Waals surface area contributed by atoms with Crippen molar-refractivity contribution in [2.45, 2.75) is 32.7 Å². The predicted molar refractivity (Wildman–Crippen MR) is 125 cm³/mol. The number of carbonyl (C=O) groups is 1. The van der Waals surface area contributed by atoms with E-state index < -0.39 is 0 Å². The normalized spacial score (nSPS) is 11.0. The van der Waals surface area contributed by atoms with Crippen LogP contribution >= 0.6 is 0 Å². The lowest BCUT2D eigenvalue weighted by Gasteiger charge is -2.11. The molecule has 2 aromatic heterocycles. The molecule has 164 valence electrons. The summed E-state index contributed by atoms with van der Waals surface area (Å²) in [5, 5.41) is 0. The predicted octanol–water partition coefficient (Wildman–Crippen LogP) is 5.28. The van der Waals surface area contributed by atoms with E-state index in [1.807, 2.05) is 42.5 Å². The first-order valence-corrected chi connectivity index (χ1v) is 10.8. The van der Waals surface area contributed by atoms with Crippen molar-refractivity contribution in [1.29, 1.82) is 0 Å². The number of rotatable bonds is 8. The second kappa shape index (κ2) is 9.64. The molecule has 0 aliphatic rings. The van der Waals surface area contributed by atoms with Gasteiger partial charge in [0.2, 0.25) is 5.88 Å². The number of carbonyl (C=O) groups excluding carboxylic acids is 1. The highest BCUT2D eigenvalue weighted by Gasteiger charge is 2.15. The second-order valence-corrected chi connectivity index (χ2v) is 7.65. The Labute approximate surface area is 187 Å². The van der Waals surface area contributed by atoms with Gasteiger partial charge in [0.25, 0.3) is 0 Å². The van der Waals surface area contributed by atoms with E-state index in [4.69, 9.17) is 14.5 Å². The molecular weight excluding hydrogens is 402 g/mol. The van der Waals surface area contributed by atoms with Gasteiger partial charge in [0.1, 0.15) is 11.3 Å². The quantitative estimate of drug-likeness (QED) is 0.356. The van der Waals surface area contributed by atoms with Crippen molar-refractivity contribution >= 4 is 17.1 Å². The van der Waals surface area contributed by atoms with Crippen LogP contribution in [0.15, 0.2) is 60.7 Å². The zero-order valence-electron chi connectivity index (χ0n) is 18.7. The number of esters is 1. The third-order valence-corrected chi connectivity index (χ3v) is 5.55. The minimum absolute atomic E-state index is 0.338. The number of fused-ring (bicyclic) bond motifs is 1. The van der Waals surface area contributed by atoms with Crippen molar-refractivity contribution in [3.8, 4) is 17.0 Å². The van der Waals surface area contributed by atoms with E-state index >= 15 is 0 Å². The van der Waals surface area contributed by atoms with E-state index in [0.717, 1.165) is 52.9 Å². The van der Waals surface area contributed by atoms with E-state index in [2.05, 4.69) is 28.6 Å². The van der Waals surface area contributed by atoms with Crippen LogP contribution in [0.5, 0.6) is 5.88 Å². The fourth-order valence-electron chi connectivity index (χ4n) is 3.83. The van der Waals surface area contributed by atoms with E-state index in [0.29, 0.717) is 18.0 Å². The van der Waals surface area contributed by atoms with Crippen LogP contribution in [0.3, 0.4) is 0 Å². The standard InChI is InChI=1S/C26H27N3O3/c1-4-5-10-23-27-22-15-16-24(31-2)28-25(22)29(23)17-18-11-13-19(14-12-18)20-8-6-7-9-21(20)26(30)32-3/h6-9,11-16H,4-5,10,17H2,1-3H3. The van der Waals surface area contributed by atoms with Crippen LogP contribution in [0.1, 0.15) is 41.5 Å². The molecule has 0 saturated carbocycles. The number of hydrogen-bond acceptors (Lipinski definition) is 5. The number of aromatic nitrogens is 3. The SMILES string of the molecule is CCCCc1nc2ccc(OC)nc2n1Cc1ccc(-c2ccccc2C(=O)OC)cc1. The number of hydrogen-bond donors (Lipinski definition) is 0. The molecule has 0 saturated heterocycles. The van der Waals surface area contributed by atoms with Crippen LogP contribution in [-0.2, 0) is 17.7 Å². The molecule has 32 heavy (non-hydrogen) atoms. The Bertz CT molecular complexity index is 1230. The fourth-order valence-corrected chi connectivity index (χ4v) is 3.83. The third kappa shape index (κ3) is 4.35. The highest BCUT2D eigenvalue weighted by Crippen LogP contribution is 2.26. The van der Waals surface area contributed by atoms with Crippen LogP contribution in [0.25, 0.3) is 22.3 Å². The summed E-state index contributed by atoms with van der Waals surface area (Å²) in [7, 11) is 3.02. The Kier molecular flexibility index (Phi) is 6.50. The average Bonchev–Trinajstić information content (AvgIpc) is 3.18. The van der Waals surface area contributed by atoms with Gasteiger partial charge in [0.15, 0.2) is 5.65 Å². The van der Waals surface area contributed by atoms with Gasteiger partial charge in [-0.1, -0.05) is 55.8 Å². The highest BCUT2D eigenvalue weighted by atomic mass is 16.5. The van der Waals surface area contributed by atoms with Crippen LogP contribution < -0.4 is 4.74 Å². The maximum absolute atomic E-state index is 12.1. The van der Waals surface area contributed by atoms with E-state index in [1.165, 1.54) is 7.11 Å². The molecule has 6 nitrogen and oxygen atoms in total. The fraction of sp³-hybridized carbons (Fsp3) is 0.269. The number of aryl methyl sites for hydroxylation is 1. The maximum Gasteiger partial charge on any atom is 0.338 e. The summed E-state index contributed by atoms with van der Waals surface area (Å²) in [6, 6.07) is 19.5. The first-order chi connectivity index (χ1) is 15.6. The van der Waals surface area contributed by atoms with Gasteiger partial charge in [-0.25, -0.2) is 9.78 Å². The van der Waals surface area contributed by atoms with Gasteiger partial charge in [-0.2, -0.15) is 4.98 Å². The Hall–Kier alpha value is -3.67. The smallest absolute Gasteiger partial charge is 0.338 e. The van der Waals surface area contributed by atoms with Gasteiger partial charge >= 0.3 is 5.97 Å². The summed E-state index contributed by atoms with van der Waals surface area (Å²) >= 11 is 0. The summed E-state index contributed by atoms with van der Waals surface area (Å²) in [6.07, 6.45) is 3.08. The topological polar surface area (TPSA) is 66.2 Å². The molecule has 0 fully saturated rings. The van der Waals surface area contributed by atoms with E-state index in [-0.39, 0.29) is 5.97 Å². The van der Waals surface area contributed by atoms with Crippen molar-refractivity contribution in [2.24, 2.45) is 0 Å². The number of pyridine rings is 1. The molecule has 2 aromatic carbocycles. The molecule has 0 amide bonds. The molecule has 0 unspecified atom stereocenters. The zero-order chi connectivity index (χ0) is 22.5. The zero-order valence-corrected chi connectivity index (χ0v) is 18.7. The molecule has 0 N–H and O–H groups in total. The lowest BCUT2D eigenvalue weighted by Crippen LogP contribution is -2.07. The molecule has 0 spiro atoms. The molecular formula is C26H27N3O3. The van der Waals surface area contributed by atoms with Gasteiger partial charge < -0.3 is 14.0 Å². The van der Waals surface area contributed by atoms with E-state index in [9.17, 15) is 4.79 Å². The van der Waals surface area contributed by atoms with Crippen LogP contribution in [0.4, 0.5) is 0 Å². The molecule has 4 rings (SSSR count). The molecule has 0 radical (unpaired) electrons. The number of benzene rings is 2. The van der Waals surface area contributed by atoms with Gasteiger partial charge in [0.05, 0.1) is 26.3 Å². The number of unbranched alkanes of at least 4 members (excludes halogenated alkanes) is 1. The van der Waals surface area contributed by atoms with Gasteiger partial charge in [-0.15, -0.1) is 0 Å². The summed E-state index contributed by atoms with van der Waals surface area (Å²) in [5.41, 5.74) is 5.22. The molecule has 0 aliphatic heterocycles. The summed E-state index contributed by atoms with van der Waals surface area (Å²) < 4.78 is 12.4. The van der Waals surface area contributed by atoms with Crippen molar-refractivity contribution in [3.63, 3.8) is 0 Å². The first kappa shape index (κ1) is 21.6. The Balaban J connectivity index is 1.67. The minimum Gasteiger partial charge on any atom is -0.481 e. The lowest BCUT2D eigenvalue weighted by atomic mass is 9.98. The first-order valence-electron chi connectivity index (χ1n) is 10.8. The summed E-state index contributed by atoms with van der Waals surface area (Å²) in [6.45, 7) is 2.84. The molecule has 0 bridgehead atoms. The second-order valence-electron chi connectivity index (χ2n) is 7.65. The maximum atomic E-state index is 12.1. The van der Waals surface area contributed by atoms with Crippen molar-refractivity contribution < 1.29 is 14.3 Å². The van der Waals surface area contributed by atoms with E-state index in [1.54, 1.807) is 13.2 Å². The van der Waals surface area contributed by atoms with Crippen molar-refractivity contribution in [1.82, 2.24) is 14.5 Å². The Morgan fingerprint density at radius 2 is 1.75 bits per heavy atom. The van der Waals surface area contributed by atoms with Crippen molar-refractivity contribution in [2.75, 3.05) is 14.2 Å². The average molecular weight is 430 g/mol. The molecule has 6 heteroatoms. The Morgan fingerprint density at radius 3 is 2.47 bits per heavy atom. The monoisotopic (exact) mass is 429 g/mol. The number of nitrogens with zero attached hydrogens (tertiary/aromatic N) is 3.